The number of carbonyl (C=O) groups excluding carboxylic acids is 1. The Bertz CT molecular complexity index is 1080. The van der Waals surface area contributed by atoms with E-state index < -0.39 is 0 Å². The molecule has 0 amide bonds. The van der Waals surface area contributed by atoms with E-state index in [1.807, 2.05) is 49.5 Å². The number of esters is 1. The summed E-state index contributed by atoms with van der Waals surface area (Å²) in [4.78, 5) is 22.5. The SMILES string of the molecule is CCOC(=O)c1cnn(-c2nc3ccccc3[nH]2)c1CN(C)Cc1ccccc1. The van der Waals surface area contributed by atoms with Gasteiger partial charge in [-0.2, -0.15) is 5.10 Å². The van der Waals surface area contributed by atoms with E-state index in [1.54, 1.807) is 17.8 Å². The molecule has 1 N–H and O–H groups in total. The molecule has 0 aliphatic heterocycles. The van der Waals surface area contributed by atoms with E-state index in [-0.39, 0.29) is 5.97 Å². The number of nitrogens with zero attached hydrogens (tertiary/aromatic N) is 4. The summed E-state index contributed by atoms with van der Waals surface area (Å²) >= 11 is 0. The number of aromatic nitrogens is 4. The van der Waals surface area contributed by atoms with Gasteiger partial charge in [0.15, 0.2) is 0 Å². The van der Waals surface area contributed by atoms with Crippen LogP contribution in [0.5, 0.6) is 0 Å². The van der Waals surface area contributed by atoms with Gasteiger partial charge in [-0.25, -0.2) is 14.5 Å². The lowest BCUT2D eigenvalue weighted by molar-refractivity contribution is 0.0524. The van der Waals surface area contributed by atoms with Gasteiger partial charge in [-0.05, 0) is 31.7 Å². The van der Waals surface area contributed by atoms with E-state index in [2.05, 4.69) is 32.1 Å². The number of imidazole rings is 1. The molecule has 2 heterocycles. The molecule has 0 radical (unpaired) electrons. The molecule has 0 fully saturated rings. The smallest absolute Gasteiger partial charge is 0.341 e. The van der Waals surface area contributed by atoms with Gasteiger partial charge in [0.1, 0.15) is 5.56 Å². The van der Waals surface area contributed by atoms with Crippen molar-refractivity contribution in [1.29, 1.82) is 0 Å². The third-order valence-electron chi connectivity index (χ3n) is 4.66. The molecule has 0 aliphatic rings. The van der Waals surface area contributed by atoms with Crippen LogP contribution in [0.3, 0.4) is 0 Å². The molecule has 0 unspecified atom stereocenters. The van der Waals surface area contributed by atoms with Gasteiger partial charge in [0.2, 0.25) is 5.95 Å². The van der Waals surface area contributed by atoms with Gasteiger partial charge >= 0.3 is 5.97 Å². The number of H-pyrrole nitrogens is 1. The van der Waals surface area contributed by atoms with Crippen LogP contribution in [0, 0.1) is 0 Å². The lowest BCUT2D eigenvalue weighted by atomic mass is 10.2. The van der Waals surface area contributed by atoms with Crippen LogP contribution in [-0.2, 0) is 17.8 Å². The number of ether oxygens (including phenoxy) is 1. The monoisotopic (exact) mass is 389 g/mol. The molecule has 2 aromatic carbocycles. The minimum Gasteiger partial charge on any atom is -0.462 e. The fraction of sp³-hybridized carbons (Fsp3) is 0.227. The standard InChI is InChI=1S/C22H23N5O2/c1-3-29-21(28)17-13-23-27(22-24-18-11-7-8-12-19(18)25-22)20(17)15-26(2)14-16-9-5-4-6-10-16/h4-13H,3,14-15H2,1-2H3,(H,24,25). The average molecular weight is 389 g/mol. The Labute approximate surface area is 168 Å². The van der Waals surface area contributed by atoms with Crippen LogP contribution in [0.25, 0.3) is 17.0 Å². The summed E-state index contributed by atoms with van der Waals surface area (Å²) in [5, 5.41) is 4.44. The van der Waals surface area contributed by atoms with Crippen LogP contribution in [0.1, 0.15) is 28.5 Å². The summed E-state index contributed by atoms with van der Waals surface area (Å²) in [5.41, 5.74) is 4.15. The van der Waals surface area contributed by atoms with Crippen molar-refractivity contribution < 1.29 is 9.53 Å². The first-order valence-electron chi connectivity index (χ1n) is 9.57. The number of aromatic amines is 1. The fourth-order valence-electron chi connectivity index (χ4n) is 3.33. The molecule has 7 heteroatoms. The van der Waals surface area contributed by atoms with Crippen molar-refractivity contribution >= 4 is 17.0 Å². The average Bonchev–Trinajstić information content (AvgIpc) is 3.32. The van der Waals surface area contributed by atoms with Crippen molar-refractivity contribution in [1.82, 2.24) is 24.6 Å². The Kier molecular flexibility index (Phi) is 5.39. The van der Waals surface area contributed by atoms with Gasteiger partial charge < -0.3 is 9.72 Å². The third kappa shape index (κ3) is 4.05. The first-order valence-corrected chi connectivity index (χ1v) is 9.57. The topological polar surface area (TPSA) is 76.0 Å². The summed E-state index contributed by atoms with van der Waals surface area (Å²) in [6, 6.07) is 18.0. The molecular formula is C22H23N5O2. The second-order valence-corrected chi connectivity index (χ2v) is 6.87. The molecule has 29 heavy (non-hydrogen) atoms. The Hall–Kier alpha value is -3.45. The summed E-state index contributed by atoms with van der Waals surface area (Å²) in [7, 11) is 2.01. The summed E-state index contributed by atoms with van der Waals surface area (Å²) in [6.45, 7) is 3.37. The lowest BCUT2D eigenvalue weighted by Crippen LogP contribution is -2.22. The number of para-hydroxylation sites is 2. The highest BCUT2D eigenvalue weighted by Crippen LogP contribution is 2.20. The molecule has 4 rings (SSSR count). The van der Waals surface area contributed by atoms with Crippen LogP contribution in [0.15, 0.2) is 60.8 Å². The summed E-state index contributed by atoms with van der Waals surface area (Å²) in [5.74, 6) is 0.197. The molecule has 0 bridgehead atoms. The van der Waals surface area contributed by atoms with E-state index in [1.165, 1.54) is 5.56 Å². The van der Waals surface area contributed by atoms with E-state index in [4.69, 9.17) is 4.74 Å². The van der Waals surface area contributed by atoms with Crippen molar-refractivity contribution in [2.75, 3.05) is 13.7 Å². The van der Waals surface area contributed by atoms with Crippen molar-refractivity contribution in [3.8, 4) is 5.95 Å². The van der Waals surface area contributed by atoms with Crippen LogP contribution < -0.4 is 0 Å². The molecule has 0 aliphatic carbocycles. The van der Waals surface area contributed by atoms with E-state index in [0.717, 1.165) is 23.3 Å². The number of benzene rings is 2. The van der Waals surface area contributed by atoms with E-state index in [9.17, 15) is 4.79 Å². The van der Waals surface area contributed by atoms with Gasteiger partial charge in [0.25, 0.3) is 0 Å². The normalized spacial score (nSPS) is 11.3. The molecule has 0 atom stereocenters. The van der Waals surface area contributed by atoms with Crippen LogP contribution >= 0.6 is 0 Å². The zero-order valence-corrected chi connectivity index (χ0v) is 16.5. The number of fused-ring (bicyclic) bond motifs is 1. The molecule has 2 aromatic heterocycles. The molecule has 0 saturated carbocycles. The molecule has 148 valence electrons. The largest absolute Gasteiger partial charge is 0.462 e. The number of rotatable bonds is 7. The maximum Gasteiger partial charge on any atom is 0.341 e. The molecular weight excluding hydrogens is 366 g/mol. The van der Waals surface area contributed by atoms with Gasteiger partial charge in [0, 0.05) is 13.1 Å². The van der Waals surface area contributed by atoms with Gasteiger partial charge in [-0.15, -0.1) is 0 Å². The molecule has 0 spiro atoms. The Morgan fingerprint density at radius 1 is 1.10 bits per heavy atom. The van der Waals surface area contributed by atoms with Crippen molar-refractivity contribution in [3.05, 3.63) is 77.6 Å². The van der Waals surface area contributed by atoms with Crippen LogP contribution in [-0.4, -0.2) is 44.3 Å². The fourth-order valence-corrected chi connectivity index (χ4v) is 3.33. The summed E-state index contributed by atoms with van der Waals surface area (Å²) in [6.07, 6.45) is 1.55. The third-order valence-corrected chi connectivity index (χ3v) is 4.66. The Morgan fingerprint density at radius 2 is 1.86 bits per heavy atom. The molecule has 4 aromatic rings. The lowest BCUT2D eigenvalue weighted by Gasteiger charge is -2.18. The highest BCUT2D eigenvalue weighted by Gasteiger charge is 2.22. The number of hydrogen-bond donors (Lipinski definition) is 1. The Balaban J connectivity index is 1.69. The zero-order valence-electron chi connectivity index (χ0n) is 16.5. The van der Waals surface area contributed by atoms with E-state index >= 15 is 0 Å². The second-order valence-electron chi connectivity index (χ2n) is 6.87. The first-order chi connectivity index (χ1) is 14.2. The molecule has 0 saturated heterocycles. The van der Waals surface area contributed by atoms with Crippen molar-refractivity contribution in [2.24, 2.45) is 0 Å². The highest BCUT2D eigenvalue weighted by atomic mass is 16.5. The number of carbonyl (C=O) groups is 1. The van der Waals surface area contributed by atoms with E-state index in [0.29, 0.717) is 24.7 Å². The quantitative estimate of drug-likeness (QED) is 0.489. The van der Waals surface area contributed by atoms with Crippen LogP contribution in [0.2, 0.25) is 0 Å². The Morgan fingerprint density at radius 3 is 2.62 bits per heavy atom. The van der Waals surface area contributed by atoms with Gasteiger partial charge in [-0.1, -0.05) is 42.5 Å². The maximum absolute atomic E-state index is 12.5. The second kappa shape index (κ2) is 8.28. The van der Waals surface area contributed by atoms with Crippen molar-refractivity contribution in [3.63, 3.8) is 0 Å². The summed E-state index contributed by atoms with van der Waals surface area (Å²) < 4.78 is 6.92. The maximum atomic E-state index is 12.5. The van der Waals surface area contributed by atoms with Crippen molar-refractivity contribution in [2.45, 2.75) is 20.0 Å². The predicted molar refractivity (Wildman–Crippen MR) is 111 cm³/mol. The van der Waals surface area contributed by atoms with Crippen LogP contribution in [0.4, 0.5) is 0 Å². The number of hydrogen-bond acceptors (Lipinski definition) is 5. The van der Waals surface area contributed by atoms with Gasteiger partial charge in [-0.3, -0.25) is 4.90 Å². The molecule has 7 nitrogen and oxygen atoms in total. The number of nitrogens with one attached hydrogen (secondary N) is 1. The minimum absolute atomic E-state index is 0.313. The predicted octanol–water partition coefficient (Wildman–Crippen LogP) is 3.56. The first kappa shape index (κ1) is 18.9. The zero-order chi connectivity index (χ0) is 20.2. The van der Waals surface area contributed by atoms with Gasteiger partial charge in [0.05, 0.1) is 29.5 Å². The minimum atomic E-state index is -0.377. The highest BCUT2D eigenvalue weighted by molar-refractivity contribution is 5.90.